The summed E-state index contributed by atoms with van der Waals surface area (Å²) in [6, 6.07) is 100. The van der Waals surface area contributed by atoms with Crippen LogP contribution in [0.2, 0.25) is 0 Å². The number of nitriles is 4. The number of para-hydroxylation sites is 4. The van der Waals surface area contributed by atoms with E-state index in [2.05, 4.69) is 255 Å². The van der Waals surface area contributed by atoms with Gasteiger partial charge in [-0.3, -0.25) is 0 Å². The summed E-state index contributed by atoms with van der Waals surface area (Å²) in [4.78, 5) is 0. The Balaban J connectivity index is 0.739. The molecule has 0 N–H and O–H groups in total. The summed E-state index contributed by atoms with van der Waals surface area (Å²) in [6.45, 7) is 0. The standard InChI is InChI=1S/C88H42N8S4/c89-43-48-36-70(49(44-90)35-69(48)93-64-23-9-2-18-55(64)83-67(93)31-33-78-86(83)58-21-7-14-28-77(58)97-78)94-65-24-10-3-19-56(65)84-68(94)32-34-79-87(84)59-30-29-47(39-80(59)99-79)82-85-57-20-4-11-25-66(57)96(74(85)41-62-54-17-6-13-27-76(54)100-88(62)82)72-38-50(45-91)71(37-51(72)46-92)95-63-22-8-1-15-52(63)60-42-81-61(40-73(60)95)53-16-5-12-26-75(53)98-81/h1-42H. The lowest BCUT2D eigenvalue weighted by atomic mass is 9.95. The van der Waals surface area contributed by atoms with Crippen molar-refractivity contribution in [3.05, 3.63) is 277 Å². The van der Waals surface area contributed by atoms with Crippen LogP contribution in [-0.4, -0.2) is 18.3 Å². The highest BCUT2D eigenvalue weighted by molar-refractivity contribution is 7.27. The van der Waals surface area contributed by atoms with Crippen LogP contribution in [0.5, 0.6) is 0 Å². The minimum absolute atomic E-state index is 0.445. The van der Waals surface area contributed by atoms with Crippen LogP contribution in [0, 0.1) is 45.3 Å². The van der Waals surface area contributed by atoms with Gasteiger partial charge in [0.25, 0.3) is 0 Å². The first-order chi connectivity index (χ1) is 49.4. The molecule has 458 valence electrons. The molecule has 22 rings (SSSR count). The van der Waals surface area contributed by atoms with Crippen molar-refractivity contribution in [3.8, 4) is 58.2 Å². The summed E-state index contributed by atoms with van der Waals surface area (Å²) < 4.78 is 18.2. The van der Waals surface area contributed by atoms with Gasteiger partial charge in [0.05, 0.1) is 89.1 Å². The molecule has 0 bridgehead atoms. The predicted molar refractivity (Wildman–Crippen MR) is 420 cm³/mol. The second-order valence-electron chi connectivity index (χ2n) is 25.8. The molecule has 0 spiro atoms. The van der Waals surface area contributed by atoms with Gasteiger partial charge in [-0.1, -0.05) is 140 Å². The van der Waals surface area contributed by atoms with E-state index < -0.39 is 0 Å². The van der Waals surface area contributed by atoms with E-state index in [1.54, 1.807) is 45.3 Å². The second-order valence-corrected chi connectivity index (χ2v) is 30.1. The maximum Gasteiger partial charge on any atom is 0.101 e. The quantitative estimate of drug-likeness (QED) is 0.171. The van der Waals surface area contributed by atoms with Crippen LogP contribution in [0.15, 0.2) is 255 Å². The highest BCUT2D eigenvalue weighted by Crippen LogP contribution is 2.52. The van der Waals surface area contributed by atoms with Gasteiger partial charge < -0.3 is 18.3 Å². The number of benzene rings is 14. The topological polar surface area (TPSA) is 115 Å². The van der Waals surface area contributed by atoms with Crippen LogP contribution in [0.3, 0.4) is 0 Å². The fourth-order valence-corrected chi connectivity index (χ4v) is 21.5. The number of hydrogen-bond donors (Lipinski definition) is 0. The summed E-state index contributed by atoms with van der Waals surface area (Å²) in [5.41, 5.74) is 14.2. The molecular formula is C88H42N8S4. The van der Waals surface area contributed by atoms with Gasteiger partial charge in [-0.15, -0.1) is 45.3 Å². The largest absolute Gasteiger partial charge is 0.308 e. The molecule has 0 saturated heterocycles. The Bertz CT molecular complexity index is 7730. The molecule has 8 heterocycles. The molecule has 0 aliphatic carbocycles. The molecule has 0 aliphatic heterocycles. The van der Waals surface area contributed by atoms with Gasteiger partial charge >= 0.3 is 0 Å². The average molecular weight is 1340 g/mol. The van der Waals surface area contributed by atoms with Crippen LogP contribution in [0.25, 0.3) is 202 Å². The molecule has 14 aromatic carbocycles. The van der Waals surface area contributed by atoms with Crippen molar-refractivity contribution in [3.63, 3.8) is 0 Å². The van der Waals surface area contributed by atoms with Crippen LogP contribution in [0.4, 0.5) is 0 Å². The molecule has 0 unspecified atom stereocenters. The van der Waals surface area contributed by atoms with Crippen molar-refractivity contribution in [1.82, 2.24) is 18.3 Å². The summed E-state index contributed by atoms with van der Waals surface area (Å²) in [5.74, 6) is 0. The molecule has 0 amide bonds. The third kappa shape index (κ3) is 7.31. The van der Waals surface area contributed by atoms with E-state index in [4.69, 9.17) is 0 Å². The molecule has 22 aromatic rings. The number of thiophene rings is 4. The third-order valence-corrected chi connectivity index (χ3v) is 25.5. The van der Waals surface area contributed by atoms with Gasteiger partial charge in [-0.05, 0) is 121 Å². The van der Waals surface area contributed by atoms with Crippen molar-refractivity contribution >= 4 is 213 Å². The first kappa shape index (κ1) is 55.3. The van der Waals surface area contributed by atoms with E-state index in [0.717, 1.165) is 139 Å². The highest BCUT2D eigenvalue weighted by Gasteiger charge is 2.29. The first-order valence-corrected chi connectivity index (χ1v) is 36.1. The number of aromatic nitrogens is 4. The lowest BCUT2D eigenvalue weighted by Crippen LogP contribution is -2.04. The Morgan fingerprint density at radius 2 is 0.600 bits per heavy atom. The number of rotatable bonds is 5. The maximum atomic E-state index is 11.6. The zero-order valence-electron chi connectivity index (χ0n) is 52.5. The summed E-state index contributed by atoms with van der Waals surface area (Å²) in [5, 5.41) is 63.7. The van der Waals surface area contributed by atoms with E-state index in [-0.39, 0.29) is 0 Å². The van der Waals surface area contributed by atoms with Crippen LogP contribution in [-0.2, 0) is 0 Å². The Kier molecular flexibility index (Phi) is 11.2. The number of hydrogen-bond acceptors (Lipinski definition) is 8. The van der Waals surface area contributed by atoms with Gasteiger partial charge in [-0.25, -0.2) is 0 Å². The van der Waals surface area contributed by atoms with E-state index in [1.807, 2.05) is 42.5 Å². The van der Waals surface area contributed by atoms with Gasteiger partial charge in [0.1, 0.15) is 24.3 Å². The van der Waals surface area contributed by atoms with Crippen molar-refractivity contribution in [2.75, 3.05) is 0 Å². The van der Waals surface area contributed by atoms with Gasteiger partial charge in [-0.2, -0.15) is 21.0 Å². The van der Waals surface area contributed by atoms with E-state index in [0.29, 0.717) is 45.0 Å². The Hall–Kier alpha value is -12.9. The molecule has 0 atom stereocenters. The summed E-state index contributed by atoms with van der Waals surface area (Å²) >= 11 is 7.15. The van der Waals surface area contributed by atoms with E-state index in [1.165, 1.54) is 39.7 Å². The van der Waals surface area contributed by atoms with E-state index >= 15 is 0 Å². The normalized spacial score (nSPS) is 12.2. The second kappa shape index (κ2) is 20.3. The van der Waals surface area contributed by atoms with Crippen LogP contribution < -0.4 is 0 Å². The molecule has 8 nitrogen and oxygen atoms in total. The SMILES string of the molecule is N#Cc1cc(-n2c3ccccc3c3c(-c4ccc5c(c4)sc4ccc6c(c7ccccc7n6-c6cc(C#N)c(-n7c8ccccc8c8c9c(ccc87)sc7ccccc79)cc6C#N)c45)c4sc5ccccc5c4cc32)c(C#N)cc1-n1c2ccccc2c2cc3sc4ccccc4c3cc21. The Morgan fingerprint density at radius 1 is 0.220 bits per heavy atom. The van der Waals surface area contributed by atoms with E-state index in [9.17, 15) is 21.0 Å². The lowest BCUT2D eigenvalue weighted by Gasteiger charge is -2.16. The smallest absolute Gasteiger partial charge is 0.101 e. The summed E-state index contributed by atoms with van der Waals surface area (Å²) in [7, 11) is 0. The Morgan fingerprint density at radius 3 is 1.14 bits per heavy atom. The molecule has 8 aromatic heterocycles. The van der Waals surface area contributed by atoms with Crippen molar-refractivity contribution < 1.29 is 0 Å². The van der Waals surface area contributed by atoms with Gasteiger partial charge in [0.15, 0.2) is 0 Å². The average Bonchev–Trinajstić information content (AvgIpc) is 1.57. The molecule has 0 fully saturated rings. The van der Waals surface area contributed by atoms with Crippen molar-refractivity contribution in [2.24, 2.45) is 0 Å². The predicted octanol–water partition coefficient (Wildman–Crippen LogP) is 24.7. The summed E-state index contributed by atoms with van der Waals surface area (Å²) in [6.07, 6.45) is 0. The molecular weight excluding hydrogens is 1300 g/mol. The fraction of sp³-hybridized carbons (Fsp3) is 0. The number of nitrogens with zero attached hydrogens (tertiary/aromatic N) is 8. The van der Waals surface area contributed by atoms with Gasteiger partial charge in [0, 0.05) is 129 Å². The minimum atomic E-state index is 0.445. The molecule has 0 aliphatic rings. The van der Waals surface area contributed by atoms with Crippen LogP contribution >= 0.6 is 45.3 Å². The Labute approximate surface area is 583 Å². The molecule has 100 heavy (non-hydrogen) atoms. The monoisotopic (exact) mass is 1340 g/mol. The maximum absolute atomic E-state index is 11.6. The molecule has 0 saturated carbocycles. The zero-order valence-corrected chi connectivity index (χ0v) is 55.7. The molecule has 12 heteroatoms. The zero-order chi connectivity index (χ0) is 65.9. The van der Waals surface area contributed by atoms with Gasteiger partial charge in [0.2, 0.25) is 0 Å². The van der Waals surface area contributed by atoms with Crippen LogP contribution in [0.1, 0.15) is 22.3 Å². The van der Waals surface area contributed by atoms with Crippen molar-refractivity contribution in [2.45, 2.75) is 0 Å². The first-order valence-electron chi connectivity index (χ1n) is 32.9. The third-order valence-electron chi connectivity index (χ3n) is 20.9. The fourth-order valence-electron chi connectivity index (χ4n) is 16.8. The number of fused-ring (bicyclic) bond motifs is 26. The van der Waals surface area contributed by atoms with Crippen molar-refractivity contribution in [1.29, 1.82) is 21.0 Å². The minimum Gasteiger partial charge on any atom is -0.308 e. The lowest BCUT2D eigenvalue weighted by molar-refractivity contribution is 1.12. The highest BCUT2D eigenvalue weighted by atomic mass is 32.1. The molecule has 0 radical (unpaired) electrons.